The molecule has 0 heterocycles. The van der Waals surface area contributed by atoms with Crippen LogP contribution >= 0.6 is 0 Å². The van der Waals surface area contributed by atoms with Crippen molar-refractivity contribution in [2.75, 3.05) is 13.7 Å². The first kappa shape index (κ1) is 18.2. The number of hydrogen-bond donors (Lipinski definition) is 0. The molecule has 0 saturated heterocycles. The molecule has 0 spiro atoms. The van der Waals surface area contributed by atoms with E-state index in [0.717, 1.165) is 11.3 Å². The van der Waals surface area contributed by atoms with E-state index in [0.29, 0.717) is 19.6 Å². The second-order valence-corrected chi connectivity index (χ2v) is 5.93. The number of methoxy groups -OCH3 is 1. The van der Waals surface area contributed by atoms with Crippen LogP contribution in [0.5, 0.6) is 5.75 Å². The molecule has 5 nitrogen and oxygen atoms in total. The molecule has 5 heteroatoms. The van der Waals surface area contributed by atoms with Crippen molar-refractivity contribution in [2.45, 2.75) is 45.8 Å². The molecule has 0 aromatic heterocycles. The summed E-state index contributed by atoms with van der Waals surface area (Å²) in [4.78, 5) is 23.1. The van der Waals surface area contributed by atoms with Gasteiger partial charge in [-0.3, -0.25) is 4.79 Å². The van der Waals surface area contributed by atoms with E-state index in [4.69, 9.17) is 14.2 Å². The van der Waals surface area contributed by atoms with Crippen molar-refractivity contribution >= 4 is 11.8 Å². The largest absolute Gasteiger partial charge is 0.497 e. The van der Waals surface area contributed by atoms with Crippen LogP contribution in [0.3, 0.4) is 0 Å². The van der Waals surface area contributed by atoms with Gasteiger partial charge in [-0.2, -0.15) is 0 Å². The van der Waals surface area contributed by atoms with Gasteiger partial charge in [0.05, 0.1) is 13.7 Å². The summed E-state index contributed by atoms with van der Waals surface area (Å²) in [5.74, 6) is -0.489. The van der Waals surface area contributed by atoms with Gasteiger partial charge in [-0.25, -0.2) is 4.79 Å². The Morgan fingerprint density at radius 1 is 1.09 bits per heavy atom. The van der Waals surface area contributed by atoms with Gasteiger partial charge in [-0.1, -0.05) is 12.1 Å². The maximum atomic E-state index is 11.6. The molecule has 0 fully saturated rings. The van der Waals surface area contributed by atoms with Gasteiger partial charge in [0.1, 0.15) is 11.4 Å². The zero-order valence-electron chi connectivity index (χ0n) is 13.7. The van der Waals surface area contributed by atoms with Gasteiger partial charge in [0.25, 0.3) is 0 Å². The molecule has 0 N–H and O–H groups in total. The quantitative estimate of drug-likeness (QED) is 0.420. The van der Waals surface area contributed by atoms with Crippen molar-refractivity contribution < 1.29 is 23.8 Å². The SMILES string of the molecule is COc1ccc(COCCCC(=O)C(=O)OC(C)(C)C)cc1. The van der Waals surface area contributed by atoms with Crippen molar-refractivity contribution in [3.8, 4) is 5.75 Å². The molecule has 0 atom stereocenters. The first-order valence-electron chi connectivity index (χ1n) is 7.28. The Hall–Kier alpha value is -1.88. The molecule has 1 aromatic rings. The Morgan fingerprint density at radius 2 is 1.73 bits per heavy atom. The molecule has 0 saturated carbocycles. The lowest BCUT2D eigenvalue weighted by atomic mass is 10.2. The van der Waals surface area contributed by atoms with Gasteiger partial charge in [-0.15, -0.1) is 0 Å². The smallest absolute Gasteiger partial charge is 0.375 e. The summed E-state index contributed by atoms with van der Waals surface area (Å²) in [6, 6.07) is 7.57. The minimum Gasteiger partial charge on any atom is -0.497 e. The first-order chi connectivity index (χ1) is 10.3. The lowest BCUT2D eigenvalue weighted by Crippen LogP contribution is -2.28. The van der Waals surface area contributed by atoms with Gasteiger partial charge >= 0.3 is 5.97 Å². The Balaban J connectivity index is 2.19. The van der Waals surface area contributed by atoms with Gasteiger partial charge < -0.3 is 14.2 Å². The number of benzene rings is 1. The minimum atomic E-state index is -0.775. The molecule has 0 aliphatic heterocycles. The maximum absolute atomic E-state index is 11.6. The van der Waals surface area contributed by atoms with Crippen LogP contribution in [0.25, 0.3) is 0 Å². The van der Waals surface area contributed by atoms with Crippen molar-refractivity contribution in [1.29, 1.82) is 0 Å². The number of carbonyl (C=O) groups is 2. The highest BCUT2D eigenvalue weighted by atomic mass is 16.6. The molecule has 22 heavy (non-hydrogen) atoms. The zero-order chi connectivity index (χ0) is 16.6. The number of ketones is 1. The first-order valence-corrected chi connectivity index (χ1v) is 7.28. The zero-order valence-corrected chi connectivity index (χ0v) is 13.7. The van der Waals surface area contributed by atoms with Crippen LogP contribution < -0.4 is 4.74 Å². The predicted molar refractivity (Wildman–Crippen MR) is 82.7 cm³/mol. The van der Waals surface area contributed by atoms with E-state index in [-0.39, 0.29) is 6.42 Å². The normalized spacial score (nSPS) is 11.1. The van der Waals surface area contributed by atoms with Crippen molar-refractivity contribution in [3.63, 3.8) is 0 Å². The Kier molecular flexibility index (Phi) is 7.05. The fourth-order valence-electron chi connectivity index (χ4n) is 1.68. The Bertz CT molecular complexity index is 485. The van der Waals surface area contributed by atoms with Crippen LogP contribution in [0.15, 0.2) is 24.3 Å². The van der Waals surface area contributed by atoms with Crippen molar-refractivity contribution in [3.05, 3.63) is 29.8 Å². The number of hydrogen-bond acceptors (Lipinski definition) is 5. The van der Waals surface area contributed by atoms with Crippen LogP contribution in [0.2, 0.25) is 0 Å². The highest BCUT2D eigenvalue weighted by Gasteiger charge is 2.22. The van der Waals surface area contributed by atoms with Crippen LogP contribution in [-0.4, -0.2) is 31.1 Å². The lowest BCUT2D eigenvalue weighted by molar-refractivity contribution is -0.162. The number of carbonyl (C=O) groups excluding carboxylic acids is 2. The van der Waals surface area contributed by atoms with Crippen molar-refractivity contribution in [2.24, 2.45) is 0 Å². The molecule has 1 rings (SSSR count). The summed E-state index contributed by atoms with van der Waals surface area (Å²) < 4.78 is 15.6. The monoisotopic (exact) mass is 308 g/mol. The highest BCUT2D eigenvalue weighted by Crippen LogP contribution is 2.12. The van der Waals surface area contributed by atoms with E-state index in [2.05, 4.69) is 0 Å². The van der Waals surface area contributed by atoms with E-state index < -0.39 is 17.4 Å². The third-order valence-corrected chi connectivity index (χ3v) is 2.75. The van der Waals surface area contributed by atoms with Crippen LogP contribution in [0.1, 0.15) is 39.2 Å². The summed E-state index contributed by atoms with van der Waals surface area (Å²) in [7, 11) is 1.62. The van der Waals surface area contributed by atoms with Crippen LogP contribution in [-0.2, 0) is 25.7 Å². The molecular formula is C17H24O5. The third kappa shape index (κ3) is 7.22. The molecule has 0 unspecified atom stereocenters. The molecule has 0 aliphatic rings. The van der Waals surface area contributed by atoms with Gasteiger partial charge in [0.15, 0.2) is 0 Å². The molecule has 0 aliphatic carbocycles. The fraction of sp³-hybridized carbons (Fsp3) is 0.529. The maximum Gasteiger partial charge on any atom is 0.375 e. The van der Waals surface area contributed by atoms with E-state index in [1.165, 1.54) is 0 Å². The number of esters is 1. The van der Waals surface area contributed by atoms with Gasteiger partial charge in [0.2, 0.25) is 5.78 Å². The molecular weight excluding hydrogens is 284 g/mol. The lowest BCUT2D eigenvalue weighted by Gasteiger charge is -2.18. The second kappa shape index (κ2) is 8.54. The third-order valence-electron chi connectivity index (χ3n) is 2.75. The van der Waals surface area contributed by atoms with E-state index in [1.54, 1.807) is 27.9 Å². The summed E-state index contributed by atoms with van der Waals surface area (Å²) in [5.41, 5.74) is 0.386. The van der Waals surface area contributed by atoms with Gasteiger partial charge in [0, 0.05) is 13.0 Å². The summed E-state index contributed by atoms with van der Waals surface area (Å²) in [5, 5.41) is 0. The van der Waals surface area contributed by atoms with E-state index >= 15 is 0 Å². The van der Waals surface area contributed by atoms with E-state index in [9.17, 15) is 9.59 Å². The van der Waals surface area contributed by atoms with Crippen LogP contribution in [0, 0.1) is 0 Å². The summed E-state index contributed by atoms with van der Waals surface area (Å²) in [6.07, 6.45) is 0.631. The molecule has 122 valence electrons. The van der Waals surface area contributed by atoms with Crippen LogP contribution in [0.4, 0.5) is 0 Å². The number of rotatable bonds is 8. The van der Waals surface area contributed by atoms with E-state index in [1.807, 2.05) is 24.3 Å². The molecule has 1 aromatic carbocycles. The number of ether oxygens (including phenoxy) is 3. The minimum absolute atomic E-state index is 0.136. The summed E-state index contributed by atoms with van der Waals surface area (Å²) in [6.45, 7) is 6.08. The summed E-state index contributed by atoms with van der Waals surface area (Å²) >= 11 is 0. The highest BCUT2D eigenvalue weighted by molar-refractivity contribution is 6.33. The predicted octanol–water partition coefficient (Wildman–Crippen LogP) is 2.90. The van der Waals surface area contributed by atoms with Crippen molar-refractivity contribution in [1.82, 2.24) is 0 Å². The molecule has 0 bridgehead atoms. The Morgan fingerprint density at radius 3 is 2.27 bits per heavy atom. The average Bonchev–Trinajstić information content (AvgIpc) is 2.45. The second-order valence-electron chi connectivity index (χ2n) is 5.93. The molecule has 0 amide bonds. The fourth-order valence-corrected chi connectivity index (χ4v) is 1.68. The standard InChI is InChI=1S/C17H24O5/c1-17(2,3)22-16(19)15(18)6-5-11-21-12-13-7-9-14(20-4)10-8-13/h7-10H,5-6,11-12H2,1-4H3. The van der Waals surface area contributed by atoms with Gasteiger partial charge in [-0.05, 0) is 44.9 Å². The number of Topliss-reactive ketones (excluding diaryl/α,β-unsaturated/α-hetero) is 1. The average molecular weight is 308 g/mol. The Labute approximate surface area is 131 Å². The topological polar surface area (TPSA) is 61.8 Å². The molecule has 0 radical (unpaired) electrons.